The van der Waals surface area contributed by atoms with Crippen molar-refractivity contribution in [3.05, 3.63) is 29.3 Å². The van der Waals surface area contributed by atoms with Crippen LogP contribution in [-0.2, 0) is 0 Å². The topological polar surface area (TPSA) is 138 Å². The average molecular weight is 399 g/mol. The molecule has 1 aromatic carbocycles. The summed E-state index contributed by atoms with van der Waals surface area (Å²) in [5.41, 5.74) is 1.32. The van der Waals surface area contributed by atoms with E-state index in [1.165, 1.54) is 7.11 Å². The molecule has 0 fully saturated rings. The van der Waals surface area contributed by atoms with Gasteiger partial charge in [0.05, 0.1) is 39.7 Å². The predicted molar refractivity (Wildman–Crippen MR) is 107 cm³/mol. The number of phenolic OH excluding ortho intramolecular Hbond substituents is 1. The highest BCUT2D eigenvalue weighted by atomic mass is 16.5. The van der Waals surface area contributed by atoms with Crippen molar-refractivity contribution < 1.29 is 30.3 Å². The fourth-order valence-electron chi connectivity index (χ4n) is 2.75. The largest absolute Gasteiger partial charge is 0.504 e. The summed E-state index contributed by atoms with van der Waals surface area (Å²) in [6, 6.07) is 3.49. The Hall–Kier alpha value is -1.72. The van der Waals surface area contributed by atoms with E-state index in [0.29, 0.717) is 44.0 Å². The van der Waals surface area contributed by atoms with Gasteiger partial charge in [-0.25, -0.2) is 0 Å². The lowest BCUT2D eigenvalue weighted by atomic mass is 10.0. The number of methoxy groups -OCH3 is 1. The van der Waals surface area contributed by atoms with Gasteiger partial charge in [-0.15, -0.1) is 0 Å². The van der Waals surface area contributed by atoms with Crippen LogP contribution in [0, 0.1) is 0 Å². The first-order chi connectivity index (χ1) is 13.6. The fraction of sp³-hybridized carbons (Fsp3) is 0.579. The van der Waals surface area contributed by atoms with Crippen LogP contribution in [0.4, 0.5) is 0 Å². The van der Waals surface area contributed by atoms with Gasteiger partial charge in [-0.3, -0.25) is 15.5 Å². The number of hydrogen-bond acceptors (Lipinski definition) is 9. The van der Waals surface area contributed by atoms with Crippen molar-refractivity contribution in [2.45, 2.75) is 6.17 Å². The zero-order valence-electron chi connectivity index (χ0n) is 16.3. The lowest BCUT2D eigenvalue weighted by Gasteiger charge is -2.22. The Balaban J connectivity index is 3.06. The van der Waals surface area contributed by atoms with Crippen molar-refractivity contribution in [3.8, 4) is 11.5 Å². The zero-order valence-corrected chi connectivity index (χ0v) is 16.3. The molecule has 1 aromatic rings. The molecule has 160 valence electrons. The number of aliphatic hydroxyl groups is 4. The summed E-state index contributed by atoms with van der Waals surface area (Å²) in [4.78, 5) is 1.91. The van der Waals surface area contributed by atoms with Crippen LogP contribution < -0.4 is 15.4 Å². The maximum Gasteiger partial charge on any atom is 0.163 e. The summed E-state index contributed by atoms with van der Waals surface area (Å²) in [6.07, 6.45) is 3.28. The molecule has 9 nitrogen and oxygen atoms in total. The van der Waals surface area contributed by atoms with Crippen LogP contribution >= 0.6 is 0 Å². The van der Waals surface area contributed by atoms with Crippen molar-refractivity contribution in [1.29, 1.82) is 0 Å². The van der Waals surface area contributed by atoms with Crippen LogP contribution in [0.15, 0.2) is 18.2 Å². The van der Waals surface area contributed by atoms with E-state index >= 15 is 0 Å². The van der Waals surface area contributed by atoms with Crippen LogP contribution in [0.5, 0.6) is 11.5 Å². The third-order valence-electron chi connectivity index (χ3n) is 4.08. The van der Waals surface area contributed by atoms with Crippen LogP contribution in [0.3, 0.4) is 0 Å². The Morgan fingerprint density at radius 1 is 1.00 bits per heavy atom. The highest BCUT2D eigenvalue weighted by Gasteiger charge is 2.18. The molecule has 28 heavy (non-hydrogen) atoms. The van der Waals surface area contributed by atoms with E-state index in [1.54, 1.807) is 12.1 Å². The zero-order chi connectivity index (χ0) is 20.8. The molecule has 7 N–H and O–H groups in total. The molecular formula is C19H33N3O6. The van der Waals surface area contributed by atoms with E-state index in [1.807, 2.05) is 17.1 Å². The average Bonchev–Trinajstić information content (AvgIpc) is 2.69. The number of benzene rings is 1. The molecule has 0 radical (unpaired) electrons. The number of aliphatic hydroxyl groups excluding tert-OH is 4. The predicted octanol–water partition coefficient (Wildman–Crippen LogP) is -1.14. The van der Waals surface area contributed by atoms with Gasteiger partial charge in [0.15, 0.2) is 11.5 Å². The van der Waals surface area contributed by atoms with E-state index in [2.05, 4.69) is 10.6 Å². The second-order valence-corrected chi connectivity index (χ2v) is 6.10. The number of aromatic hydroxyl groups is 1. The highest BCUT2D eigenvalue weighted by molar-refractivity contribution is 5.59. The lowest BCUT2D eigenvalue weighted by Crippen LogP contribution is -2.37. The Labute approximate surface area is 165 Å². The molecule has 0 unspecified atom stereocenters. The van der Waals surface area contributed by atoms with Crippen LogP contribution in [0.2, 0.25) is 0 Å². The molecule has 0 bridgehead atoms. The molecule has 0 aliphatic carbocycles. The third kappa shape index (κ3) is 8.11. The van der Waals surface area contributed by atoms with Crippen LogP contribution in [0.1, 0.15) is 17.3 Å². The second-order valence-electron chi connectivity index (χ2n) is 6.10. The number of hydrogen-bond donors (Lipinski definition) is 7. The minimum absolute atomic E-state index is 0.0136. The Morgan fingerprint density at radius 2 is 1.61 bits per heavy atom. The second kappa shape index (κ2) is 14.3. The maximum absolute atomic E-state index is 10.5. The van der Waals surface area contributed by atoms with Crippen molar-refractivity contribution in [2.24, 2.45) is 0 Å². The standard InChI is InChI=1S/C19H33N3O6/c1-28-17-14-15(3-2-6-22(7-11-25)8-12-26)13-16(18(17)27)19(20-4-9-23)21-5-10-24/h2-3,13-14,19-21,23-27H,4-12H2,1H3. The molecule has 0 spiro atoms. The van der Waals surface area contributed by atoms with E-state index in [9.17, 15) is 5.11 Å². The minimum Gasteiger partial charge on any atom is -0.504 e. The summed E-state index contributed by atoms with van der Waals surface area (Å²) in [5.74, 6) is 0.282. The molecule has 0 aromatic heterocycles. The molecular weight excluding hydrogens is 366 g/mol. The van der Waals surface area contributed by atoms with Crippen molar-refractivity contribution in [3.63, 3.8) is 0 Å². The monoisotopic (exact) mass is 399 g/mol. The molecule has 0 amide bonds. The van der Waals surface area contributed by atoms with Gasteiger partial charge in [0, 0.05) is 38.3 Å². The van der Waals surface area contributed by atoms with Gasteiger partial charge >= 0.3 is 0 Å². The van der Waals surface area contributed by atoms with Gasteiger partial charge in [-0.05, 0) is 17.7 Å². The Kier molecular flexibility index (Phi) is 12.4. The lowest BCUT2D eigenvalue weighted by molar-refractivity contribution is 0.172. The van der Waals surface area contributed by atoms with Crippen LogP contribution in [0.25, 0.3) is 6.08 Å². The first kappa shape index (κ1) is 24.3. The van der Waals surface area contributed by atoms with E-state index < -0.39 is 6.17 Å². The fourth-order valence-corrected chi connectivity index (χ4v) is 2.75. The Bertz CT molecular complexity index is 571. The maximum atomic E-state index is 10.5. The van der Waals surface area contributed by atoms with Gasteiger partial charge < -0.3 is 30.3 Å². The molecule has 0 heterocycles. The number of nitrogens with one attached hydrogen (secondary N) is 2. The van der Waals surface area contributed by atoms with Gasteiger partial charge in [-0.2, -0.15) is 0 Å². The number of rotatable bonds is 15. The number of phenols is 1. The SMILES string of the molecule is COc1cc(C=CCN(CCO)CCO)cc(C(NCCO)NCCO)c1O. The van der Waals surface area contributed by atoms with Gasteiger partial charge in [0.1, 0.15) is 0 Å². The van der Waals surface area contributed by atoms with E-state index in [-0.39, 0.29) is 32.2 Å². The molecule has 1 rings (SSSR count). The molecule has 0 aliphatic rings. The molecule has 0 atom stereocenters. The first-order valence-corrected chi connectivity index (χ1v) is 9.31. The minimum atomic E-state index is -0.484. The summed E-state index contributed by atoms with van der Waals surface area (Å²) in [7, 11) is 1.47. The van der Waals surface area contributed by atoms with E-state index in [4.69, 9.17) is 25.2 Å². The van der Waals surface area contributed by atoms with Crippen molar-refractivity contribution in [2.75, 3.05) is 66.3 Å². The molecule has 0 saturated heterocycles. The number of nitrogens with zero attached hydrogens (tertiary/aromatic N) is 1. The highest BCUT2D eigenvalue weighted by Crippen LogP contribution is 2.35. The van der Waals surface area contributed by atoms with Crippen LogP contribution in [-0.4, -0.2) is 96.7 Å². The normalized spacial score (nSPS) is 11.8. The summed E-state index contributed by atoms with van der Waals surface area (Å²) < 4.78 is 5.28. The first-order valence-electron chi connectivity index (χ1n) is 9.31. The molecule has 0 aliphatic heterocycles. The summed E-state index contributed by atoms with van der Waals surface area (Å²) in [6.45, 7) is 1.99. The number of ether oxygens (including phenoxy) is 1. The van der Waals surface area contributed by atoms with E-state index in [0.717, 1.165) is 5.56 Å². The smallest absolute Gasteiger partial charge is 0.163 e. The van der Waals surface area contributed by atoms with Gasteiger partial charge in [0.2, 0.25) is 0 Å². The third-order valence-corrected chi connectivity index (χ3v) is 4.08. The van der Waals surface area contributed by atoms with Gasteiger partial charge in [0.25, 0.3) is 0 Å². The van der Waals surface area contributed by atoms with Crippen molar-refractivity contribution in [1.82, 2.24) is 15.5 Å². The Morgan fingerprint density at radius 3 is 2.11 bits per heavy atom. The summed E-state index contributed by atoms with van der Waals surface area (Å²) >= 11 is 0. The summed E-state index contributed by atoms with van der Waals surface area (Å²) in [5, 5.41) is 53.0. The van der Waals surface area contributed by atoms with Gasteiger partial charge in [-0.1, -0.05) is 12.2 Å². The molecule has 0 saturated carbocycles. The molecule has 9 heteroatoms. The quantitative estimate of drug-likeness (QED) is 0.183. The van der Waals surface area contributed by atoms with Crippen molar-refractivity contribution >= 4 is 6.08 Å².